The lowest BCUT2D eigenvalue weighted by Crippen LogP contribution is -2.32. The predicted octanol–water partition coefficient (Wildman–Crippen LogP) is 2.44. The number of nitrogens with one attached hydrogen (secondary N) is 2. The number of halogens is 1. The first-order valence-electron chi connectivity index (χ1n) is 7.16. The molecule has 0 bridgehead atoms. The van der Waals surface area contributed by atoms with E-state index in [9.17, 15) is 9.59 Å². The van der Waals surface area contributed by atoms with Gasteiger partial charge in [0.05, 0.1) is 16.9 Å². The number of ether oxygens (including phenoxy) is 1. The van der Waals surface area contributed by atoms with Gasteiger partial charge in [0.2, 0.25) is 0 Å². The molecule has 0 saturated heterocycles. The van der Waals surface area contributed by atoms with Crippen LogP contribution in [0.25, 0.3) is 0 Å². The van der Waals surface area contributed by atoms with Crippen molar-refractivity contribution in [1.29, 1.82) is 0 Å². The summed E-state index contributed by atoms with van der Waals surface area (Å²) in [7, 11) is 0. The number of hydrogen-bond acceptors (Lipinski definition) is 4. The molecule has 0 heterocycles. The van der Waals surface area contributed by atoms with E-state index in [2.05, 4.69) is 21.8 Å². The molecule has 0 spiro atoms. The van der Waals surface area contributed by atoms with Crippen molar-refractivity contribution in [1.82, 2.24) is 5.43 Å². The molecule has 0 aliphatic rings. The molecule has 0 atom stereocenters. The van der Waals surface area contributed by atoms with E-state index in [1.807, 2.05) is 0 Å². The Kier molecular flexibility index (Phi) is 6.57. The van der Waals surface area contributed by atoms with Crippen LogP contribution in [0.15, 0.2) is 53.6 Å². The summed E-state index contributed by atoms with van der Waals surface area (Å²) >= 11 is 5.91. The average Bonchev–Trinajstić information content (AvgIpc) is 2.62. The number of benzene rings is 2. The van der Waals surface area contributed by atoms with E-state index in [1.54, 1.807) is 48.5 Å². The molecule has 0 aliphatic heterocycles. The SMILES string of the molecule is C#CCOc1ccccc1/C=N\NC(=O)C(=O)Nc1ccccc1Cl. The minimum atomic E-state index is -0.932. The van der Waals surface area contributed by atoms with Crippen molar-refractivity contribution in [2.75, 3.05) is 11.9 Å². The summed E-state index contributed by atoms with van der Waals surface area (Å²) in [6.45, 7) is 0.109. The molecule has 6 nitrogen and oxygen atoms in total. The summed E-state index contributed by atoms with van der Waals surface area (Å²) in [6.07, 6.45) is 6.51. The van der Waals surface area contributed by atoms with Crippen LogP contribution in [0.1, 0.15) is 5.56 Å². The molecule has 0 unspecified atom stereocenters. The molecule has 0 fully saturated rings. The van der Waals surface area contributed by atoms with E-state index in [1.165, 1.54) is 6.21 Å². The monoisotopic (exact) mass is 355 g/mol. The molecule has 25 heavy (non-hydrogen) atoms. The number of carbonyl (C=O) groups excluding carboxylic acids is 2. The molecule has 0 radical (unpaired) electrons. The van der Waals surface area contributed by atoms with Crippen molar-refractivity contribution in [2.45, 2.75) is 0 Å². The number of anilines is 1. The first-order valence-corrected chi connectivity index (χ1v) is 7.54. The van der Waals surface area contributed by atoms with E-state index < -0.39 is 11.8 Å². The Labute approximate surface area is 149 Å². The molecular formula is C18H14ClN3O3. The molecule has 0 aliphatic carbocycles. The van der Waals surface area contributed by atoms with Crippen LogP contribution < -0.4 is 15.5 Å². The fourth-order valence-corrected chi connectivity index (χ4v) is 1.97. The molecular weight excluding hydrogens is 342 g/mol. The zero-order chi connectivity index (χ0) is 18.1. The fraction of sp³-hybridized carbons (Fsp3) is 0.0556. The Morgan fingerprint density at radius 2 is 1.88 bits per heavy atom. The fourth-order valence-electron chi connectivity index (χ4n) is 1.79. The number of para-hydroxylation sites is 2. The Balaban J connectivity index is 1.95. The highest BCUT2D eigenvalue weighted by atomic mass is 35.5. The zero-order valence-electron chi connectivity index (χ0n) is 13.0. The Morgan fingerprint density at radius 3 is 2.64 bits per heavy atom. The number of hydrazone groups is 1. The van der Waals surface area contributed by atoms with Gasteiger partial charge in [0.15, 0.2) is 0 Å². The van der Waals surface area contributed by atoms with Gasteiger partial charge in [0, 0.05) is 5.56 Å². The van der Waals surface area contributed by atoms with Crippen LogP contribution in [0.2, 0.25) is 5.02 Å². The van der Waals surface area contributed by atoms with Crippen molar-refractivity contribution in [2.24, 2.45) is 5.10 Å². The van der Waals surface area contributed by atoms with E-state index in [0.29, 0.717) is 22.0 Å². The normalized spacial score (nSPS) is 10.1. The van der Waals surface area contributed by atoms with Crippen molar-refractivity contribution in [3.63, 3.8) is 0 Å². The van der Waals surface area contributed by atoms with Gasteiger partial charge < -0.3 is 10.1 Å². The zero-order valence-corrected chi connectivity index (χ0v) is 13.8. The van der Waals surface area contributed by atoms with Gasteiger partial charge in [-0.1, -0.05) is 41.8 Å². The molecule has 2 aromatic rings. The topological polar surface area (TPSA) is 79.8 Å². The van der Waals surface area contributed by atoms with Crippen LogP contribution in [0.3, 0.4) is 0 Å². The quantitative estimate of drug-likeness (QED) is 0.374. The minimum Gasteiger partial charge on any atom is -0.480 e. The lowest BCUT2D eigenvalue weighted by molar-refractivity contribution is -0.136. The molecule has 2 aromatic carbocycles. The summed E-state index contributed by atoms with van der Waals surface area (Å²) in [4.78, 5) is 23.6. The molecule has 126 valence electrons. The van der Waals surface area contributed by atoms with Gasteiger partial charge >= 0.3 is 11.8 Å². The van der Waals surface area contributed by atoms with Gasteiger partial charge in [-0.3, -0.25) is 9.59 Å². The van der Waals surface area contributed by atoms with Crippen LogP contribution in [0.4, 0.5) is 5.69 Å². The summed E-state index contributed by atoms with van der Waals surface area (Å²) in [5.41, 5.74) is 3.07. The standard InChI is InChI=1S/C18H14ClN3O3/c1-2-11-25-16-10-6-3-7-13(16)12-20-22-18(24)17(23)21-15-9-5-4-8-14(15)19/h1,3-10,12H,11H2,(H,21,23)(H,22,24)/b20-12-. The van der Waals surface area contributed by atoms with Crippen molar-refractivity contribution >= 4 is 35.3 Å². The smallest absolute Gasteiger partial charge is 0.329 e. The van der Waals surface area contributed by atoms with Crippen molar-refractivity contribution < 1.29 is 14.3 Å². The van der Waals surface area contributed by atoms with Crippen LogP contribution in [0, 0.1) is 12.3 Å². The highest BCUT2D eigenvalue weighted by molar-refractivity contribution is 6.41. The molecule has 2 N–H and O–H groups in total. The lowest BCUT2D eigenvalue weighted by Gasteiger charge is -2.06. The maximum absolute atomic E-state index is 11.8. The number of terminal acetylenes is 1. The number of nitrogens with zero attached hydrogens (tertiary/aromatic N) is 1. The highest BCUT2D eigenvalue weighted by Crippen LogP contribution is 2.20. The third kappa shape index (κ3) is 5.37. The first kappa shape index (κ1) is 18.0. The number of carbonyl (C=O) groups is 2. The van der Waals surface area contributed by atoms with E-state index >= 15 is 0 Å². The molecule has 0 saturated carbocycles. The van der Waals surface area contributed by atoms with Crippen LogP contribution >= 0.6 is 11.6 Å². The Morgan fingerprint density at radius 1 is 1.16 bits per heavy atom. The van der Waals surface area contributed by atoms with Gasteiger partial charge in [0.1, 0.15) is 12.4 Å². The Bertz CT molecular complexity index is 843. The minimum absolute atomic E-state index is 0.109. The van der Waals surface area contributed by atoms with Crippen molar-refractivity contribution in [3.05, 3.63) is 59.1 Å². The third-order valence-corrected chi connectivity index (χ3v) is 3.26. The second kappa shape index (κ2) is 9.11. The van der Waals surface area contributed by atoms with Gasteiger partial charge in [-0.25, -0.2) is 5.43 Å². The number of amides is 2. The van der Waals surface area contributed by atoms with Crippen molar-refractivity contribution in [3.8, 4) is 18.1 Å². The first-order chi connectivity index (χ1) is 12.1. The van der Waals surface area contributed by atoms with Gasteiger partial charge in [0.25, 0.3) is 0 Å². The second-order valence-electron chi connectivity index (χ2n) is 4.66. The molecule has 0 aromatic heterocycles. The third-order valence-electron chi connectivity index (χ3n) is 2.93. The van der Waals surface area contributed by atoms with E-state index in [4.69, 9.17) is 22.8 Å². The van der Waals surface area contributed by atoms with Gasteiger partial charge in [-0.05, 0) is 24.3 Å². The Hall–Kier alpha value is -3.30. The number of rotatable bonds is 5. The van der Waals surface area contributed by atoms with Gasteiger partial charge in [-0.15, -0.1) is 6.42 Å². The molecule has 2 amide bonds. The maximum atomic E-state index is 11.8. The number of hydrogen-bond donors (Lipinski definition) is 2. The second-order valence-corrected chi connectivity index (χ2v) is 5.07. The van der Waals surface area contributed by atoms with Gasteiger partial charge in [-0.2, -0.15) is 5.10 Å². The molecule has 7 heteroatoms. The maximum Gasteiger partial charge on any atom is 0.329 e. The summed E-state index contributed by atoms with van der Waals surface area (Å²) in [5.74, 6) is 1.05. The van der Waals surface area contributed by atoms with Crippen LogP contribution in [0.5, 0.6) is 5.75 Å². The van der Waals surface area contributed by atoms with E-state index in [-0.39, 0.29) is 6.61 Å². The predicted molar refractivity (Wildman–Crippen MR) is 96.6 cm³/mol. The lowest BCUT2D eigenvalue weighted by atomic mass is 10.2. The average molecular weight is 356 g/mol. The summed E-state index contributed by atoms with van der Waals surface area (Å²) in [5, 5.41) is 6.47. The van der Waals surface area contributed by atoms with E-state index in [0.717, 1.165) is 0 Å². The highest BCUT2D eigenvalue weighted by Gasteiger charge is 2.14. The van der Waals surface area contributed by atoms with Crippen LogP contribution in [-0.4, -0.2) is 24.6 Å². The summed E-state index contributed by atoms with van der Waals surface area (Å²) < 4.78 is 5.35. The summed E-state index contributed by atoms with van der Waals surface area (Å²) in [6, 6.07) is 13.6. The van der Waals surface area contributed by atoms with Crippen LogP contribution in [-0.2, 0) is 9.59 Å². The largest absolute Gasteiger partial charge is 0.480 e. The molecule has 2 rings (SSSR count).